The number of fused-ring (bicyclic) bond motifs is 2. The maximum Gasteiger partial charge on any atom is 0.212 e. The SMILES string of the molecule is COc1ccc(-n2cnc3c2C(=O)c2ccccc2/C3=N\O)cc1. The van der Waals surface area contributed by atoms with Crippen molar-refractivity contribution >= 4 is 11.5 Å². The van der Waals surface area contributed by atoms with Crippen LogP contribution in [-0.2, 0) is 0 Å². The Labute approximate surface area is 137 Å². The van der Waals surface area contributed by atoms with Gasteiger partial charge >= 0.3 is 0 Å². The number of hydrogen-bond acceptors (Lipinski definition) is 5. The Morgan fingerprint density at radius 2 is 1.79 bits per heavy atom. The van der Waals surface area contributed by atoms with E-state index in [0.29, 0.717) is 28.2 Å². The summed E-state index contributed by atoms with van der Waals surface area (Å²) < 4.78 is 6.85. The van der Waals surface area contributed by atoms with E-state index in [1.807, 2.05) is 24.3 Å². The highest BCUT2D eigenvalue weighted by atomic mass is 16.5. The van der Waals surface area contributed by atoms with Gasteiger partial charge in [-0.3, -0.25) is 9.36 Å². The van der Waals surface area contributed by atoms with Crippen molar-refractivity contribution in [3.63, 3.8) is 0 Å². The number of nitrogens with zero attached hydrogens (tertiary/aromatic N) is 3. The molecule has 2 aromatic carbocycles. The smallest absolute Gasteiger partial charge is 0.212 e. The second-order valence-corrected chi connectivity index (χ2v) is 5.33. The van der Waals surface area contributed by atoms with Crippen LogP contribution in [0.15, 0.2) is 60.0 Å². The van der Waals surface area contributed by atoms with Gasteiger partial charge in [0.05, 0.1) is 7.11 Å². The van der Waals surface area contributed by atoms with Crippen LogP contribution in [0, 0.1) is 0 Å². The summed E-state index contributed by atoms with van der Waals surface area (Å²) >= 11 is 0. The van der Waals surface area contributed by atoms with Crippen molar-refractivity contribution in [2.75, 3.05) is 7.11 Å². The van der Waals surface area contributed by atoms with Gasteiger partial charge in [-0.1, -0.05) is 29.4 Å². The number of hydrogen-bond donors (Lipinski definition) is 1. The molecule has 1 N–H and O–H groups in total. The van der Waals surface area contributed by atoms with Crippen LogP contribution in [0.1, 0.15) is 27.3 Å². The van der Waals surface area contributed by atoms with Crippen LogP contribution in [0.3, 0.4) is 0 Å². The van der Waals surface area contributed by atoms with E-state index in [1.54, 1.807) is 42.3 Å². The molecular weight excluding hydrogens is 306 g/mol. The largest absolute Gasteiger partial charge is 0.497 e. The summed E-state index contributed by atoms with van der Waals surface area (Å²) in [6.45, 7) is 0. The second kappa shape index (κ2) is 5.34. The molecule has 0 aliphatic heterocycles. The summed E-state index contributed by atoms with van der Waals surface area (Å²) in [5.41, 5.74) is 2.90. The zero-order valence-corrected chi connectivity index (χ0v) is 12.8. The minimum Gasteiger partial charge on any atom is -0.497 e. The second-order valence-electron chi connectivity index (χ2n) is 5.33. The molecule has 118 valence electrons. The highest BCUT2D eigenvalue weighted by molar-refractivity contribution is 6.28. The van der Waals surface area contributed by atoms with Gasteiger partial charge in [0.2, 0.25) is 5.78 Å². The first-order valence-corrected chi connectivity index (χ1v) is 7.33. The number of carbonyl (C=O) groups is 1. The first-order valence-electron chi connectivity index (χ1n) is 7.33. The minimum absolute atomic E-state index is 0.152. The molecule has 1 aromatic heterocycles. The third-order valence-corrected chi connectivity index (χ3v) is 4.08. The molecule has 1 aliphatic rings. The molecule has 0 radical (unpaired) electrons. The lowest BCUT2D eigenvalue weighted by Crippen LogP contribution is -2.23. The monoisotopic (exact) mass is 319 g/mol. The van der Waals surface area contributed by atoms with Gasteiger partial charge in [-0.2, -0.15) is 0 Å². The summed E-state index contributed by atoms with van der Waals surface area (Å²) in [5.74, 6) is 0.573. The van der Waals surface area contributed by atoms with E-state index >= 15 is 0 Å². The number of methoxy groups -OCH3 is 1. The molecule has 1 heterocycles. The maximum atomic E-state index is 12.9. The van der Waals surface area contributed by atoms with E-state index in [-0.39, 0.29) is 5.78 Å². The third kappa shape index (κ3) is 1.93. The van der Waals surface area contributed by atoms with Crippen molar-refractivity contribution < 1.29 is 14.7 Å². The first kappa shape index (κ1) is 14.2. The third-order valence-electron chi connectivity index (χ3n) is 4.08. The molecular formula is C18H13N3O3. The summed E-state index contributed by atoms with van der Waals surface area (Å²) in [7, 11) is 1.60. The summed E-state index contributed by atoms with van der Waals surface area (Å²) in [6, 6.07) is 14.3. The van der Waals surface area contributed by atoms with Gasteiger partial charge in [0.1, 0.15) is 29.2 Å². The van der Waals surface area contributed by atoms with Crippen molar-refractivity contribution in [1.29, 1.82) is 0 Å². The molecule has 0 atom stereocenters. The Hall–Kier alpha value is -3.41. The molecule has 0 saturated heterocycles. The fourth-order valence-corrected chi connectivity index (χ4v) is 2.92. The quantitative estimate of drug-likeness (QED) is 0.455. The lowest BCUT2D eigenvalue weighted by molar-refractivity contribution is 0.103. The Morgan fingerprint density at radius 3 is 2.46 bits per heavy atom. The van der Waals surface area contributed by atoms with E-state index in [1.165, 1.54) is 0 Å². The van der Waals surface area contributed by atoms with E-state index in [2.05, 4.69) is 10.1 Å². The molecule has 1 aliphatic carbocycles. The normalized spacial score (nSPS) is 14.4. The van der Waals surface area contributed by atoms with Crippen LogP contribution in [0.2, 0.25) is 0 Å². The highest BCUT2D eigenvalue weighted by Crippen LogP contribution is 2.29. The van der Waals surface area contributed by atoms with Gasteiger partial charge in [0.15, 0.2) is 0 Å². The zero-order chi connectivity index (χ0) is 16.7. The van der Waals surface area contributed by atoms with Crippen molar-refractivity contribution in [2.24, 2.45) is 5.16 Å². The molecule has 0 amide bonds. The van der Waals surface area contributed by atoms with Crippen molar-refractivity contribution in [3.05, 3.63) is 77.4 Å². The molecule has 6 heteroatoms. The van der Waals surface area contributed by atoms with E-state index in [0.717, 1.165) is 11.4 Å². The number of oxime groups is 1. The molecule has 6 nitrogen and oxygen atoms in total. The topological polar surface area (TPSA) is 76.7 Å². The molecule has 0 saturated carbocycles. The van der Waals surface area contributed by atoms with Crippen LogP contribution in [-0.4, -0.2) is 33.4 Å². The number of carbonyl (C=O) groups excluding carboxylic acids is 1. The fourth-order valence-electron chi connectivity index (χ4n) is 2.92. The predicted molar refractivity (Wildman–Crippen MR) is 87.4 cm³/mol. The first-order chi connectivity index (χ1) is 11.7. The number of ketones is 1. The molecule has 3 aromatic rings. The van der Waals surface area contributed by atoms with Gasteiger partial charge in [0.25, 0.3) is 0 Å². The number of rotatable bonds is 2. The lowest BCUT2D eigenvalue weighted by Gasteiger charge is -2.17. The van der Waals surface area contributed by atoms with Gasteiger partial charge in [-0.25, -0.2) is 4.98 Å². The van der Waals surface area contributed by atoms with Crippen LogP contribution >= 0.6 is 0 Å². The van der Waals surface area contributed by atoms with E-state index in [9.17, 15) is 10.0 Å². The van der Waals surface area contributed by atoms with Crippen molar-refractivity contribution in [1.82, 2.24) is 9.55 Å². The van der Waals surface area contributed by atoms with Crippen LogP contribution in [0.25, 0.3) is 5.69 Å². The van der Waals surface area contributed by atoms with Gasteiger partial charge in [0, 0.05) is 16.8 Å². The lowest BCUT2D eigenvalue weighted by atomic mass is 9.89. The predicted octanol–water partition coefficient (Wildman–Crippen LogP) is 2.65. The molecule has 24 heavy (non-hydrogen) atoms. The number of benzene rings is 2. The Kier molecular flexibility index (Phi) is 3.16. The average molecular weight is 319 g/mol. The molecule has 0 unspecified atom stereocenters. The number of aromatic nitrogens is 2. The molecule has 0 spiro atoms. The molecule has 4 rings (SSSR count). The summed E-state index contributed by atoms with van der Waals surface area (Å²) in [5, 5.41) is 12.8. The standard InChI is InChI=1S/C18H13N3O3/c1-24-12-8-6-11(7-9-12)21-10-19-16-15(20-23)13-4-2-3-5-14(13)18(22)17(16)21/h2-10,23H,1H3/b20-15+. The molecule has 0 bridgehead atoms. The summed E-state index contributed by atoms with van der Waals surface area (Å²) in [4.78, 5) is 17.2. The van der Waals surface area contributed by atoms with Crippen molar-refractivity contribution in [3.8, 4) is 11.4 Å². The van der Waals surface area contributed by atoms with E-state index in [4.69, 9.17) is 4.74 Å². The van der Waals surface area contributed by atoms with Crippen LogP contribution in [0.5, 0.6) is 5.75 Å². The van der Waals surface area contributed by atoms with E-state index < -0.39 is 0 Å². The number of imidazole rings is 1. The molecule has 0 fully saturated rings. The van der Waals surface area contributed by atoms with Crippen molar-refractivity contribution in [2.45, 2.75) is 0 Å². The fraction of sp³-hybridized carbons (Fsp3) is 0.0556. The summed E-state index contributed by atoms with van der Waals surface area (Å²) in [6.07, 6.45) is 1.56. The van der Waals surface area contributed by atoms with Gasteiger partial charge < -0.3 is 9.94 Å². The Balaban J connectivity index is 1.92. The minimum atomic E-state index is -0.152. The maximum absolute atomic E-state index is 12.9. The Morgan fingerprint density at radius 1 is 1.08 bits per heavy atom. The zero-order valence-electron chi connectivity index (χ0n) is 12.8. The Bertz CT molecular complexity index is 971. The van der Waals surface area contributed by atoms with Crippen LogP contribution < -0.4 is 4.74 Å². The van der Waals surface area contributed by atoms with Crippen LogP contribution in [0.4, 0.5) is 0 Å². The number of ether oxygens (including phenoxy) is 1. The average Bonchev–Trinajstić information content (AvgIpc) is 3.07. The van der Waals surface area contributed by atoms with Gasteiger partial charge in [-0.05, 0) is 24.3 Å². The highest BCUT2D eigenvalue weighted by Gasteiger charge is 2.33. The van der Waals surface area contributed by atoms with Gasteiger partial charge in [-0.15, -0.1) is 0 Å².